The van der Waals surface area contributed by atoms with E-state index in [1.54, 1.807) is 24.3 Å². The first-order valence-electron chi connectivity index (χ1n) is 6.32. The van der Waals surface area contributed by atoms with Crippen LogP contribution in [0.1, 0.15) is 15.9 Å². The lowest BCUT2D eigenvalue weighted by molar-refractivity contribution is -0.380. The number of amides is 2. The van der Waals surface area contributed by atoms with E-state index in [4.69, 9.17) is 5.11 Å². The highest BCUT2D eigenvalue weighted by Gasteiger charge is 2.17. The Bertz CT molecular complexity index is 760. The Morgan fingerprint density at radius 3 is 2.74 bits per heavy atom. The van der Waals surface area contributed by atoms with Crippen LogP contribution >= 0.6 is 11.3 Å². The third-order valence-corrected chi connectivity index (χ3v) is 3.75. The van der Waals surface area contributed by atoms with Crippen LogP contribution in [0, 0.1) is 10.1 Å². The predicted octanol–water partition coefficient (Wildman–Crippen LogP) is 2.41. The molecule has 0 fully saturated rings. The fourth-order valence-corrected chi connectivity index (χ4v) is 2.40. The summed E-state index contributed by atoms with van der Waals surface area (Å²) in [5, 5.41) is 21.9. The van der Waals surface area contributed by atoms with Gasteiger partial charge in [0.1, 0.15) is 6.20 Å². The average Bonchev–Trinajstić information content (AvgIpc) is 2.96. The molecule has 0 atom stereocenters. The molecular formula is C13H12N4O5S. The first-order chi connectivity index (χ1) is 10.9. The Morgan fingerprint density at radius 2 is 2.13 bits per heavy atom. The molecule has 2 amide bonds. The van der Waals surface area contributed by atoms with Crippen molar-refractivity contribution in [2.45, 2.75) is 6.54 Å². The Morgan fingerprint density at radius 1 is 1.43 bits per heavy atom. The Balaban J connectivity index is 2.18. The van der Waals surface area contributed by atoms with Gasteiger partial charge < -0.3 is 10.0 Å². The lowest BCUT2D eigenvalue weighted by atomic mass is 10.1. The number of anilines is 1. The van der Waals surface area contributed by atoms with Gasteiger partial charge >= 0.3 is 11.1 Å². The predicted molar refractivity (Wildman–Crippen MR) is 82.7 cm³/mol. The lowest BCUT2D eigenvalue weighted by Crippen LogP contribution is -2.25. The van der Waals surface area contributed by atoms with Crippen molar-refractivity contribution in [3.8, 4) is 0 Å². The summed E-state index contributed by atoms with van der Waals surface area (Å²) in [7, 11) is 1.39. The van der Waals surface area contributed by atoms with Crippen LogP contribution in [0.25, 0.3) is 0 Å². The van der Waals surface area contributed by atoms with E-state index in [0.717, 1.165) is 22.4 Å². The minimum absolute atomic E-state index is 0.0386. The van der Waals surface area contributed by atoms with Gasteiger partial charge in [-0.25, -0.2) is 9.78 Å². The molecule has 0 aliphatic rings. The van der Waals surface area contributed by atoms with Gasteiger partial charge in [-0.05, 0) is 23.0 Å². The van der Waals surface area contributed by atoms with Crippen molar-refractivity contribution in [2.24, 2.45) is 0 Å². The van der Waals surface area contributed by atoms with Gasteiger partial charge in [-0.15, -0.1) is 0 Å². The number of carbonyl (C=O) groups excluding carboxylic acids is 1. The molecule has 2 N–H and O–H groups in total. The highest BCUT2D eigenvalue weighted by atomic mass is 32.1. The van der Waals surface area contributed by atoms with Crippen LogP contribution in [-0.4, -0.2) is 39.0 Å². The van der Waals surface area contributed by atoms with Gasteiger partial charge in [0.05, 0.1) is 4.92 Å². The monoisotopic (exact) mass is 336 g/mol. The number of carboxylic acid groups (broad SMARTS) is 1. The molecule has 9 nitrogen and oxygen atoms in total. The standard InChI is InChI=1S/C13H12N4O5S/c1-16(13(19)20)7-8-4-2-3-5-9(8)11(18)15-12-14-6-10(23-12)17(21)22/h2-6H,7H2,1H3,(H,19,20)(H,14,15,18). The normalized spacial score (nSPS) is 10.1. The molecule has 0 spiro atoms. The van der Waals surface area contributed by atoms with Crippen LogP contribution in [0.15, 0.2) is 30.5 Å². The Labute approximate surface area is 134 Å². The zero-order chi connectivity index (χ0) is 17.0. The van der Waals surface area contributed by atoms with E-state index in [9.17, 15) is 19.7 Å². The third-order valence-electron chi connectivity index (χ3n) is 2.89. The quantitative estimate of drug-likeness (QED) is 0.638. The fourth-order valence-electron chi connectivity index (χ4n) is 1.78. The van der Waals surface area contributed by atoms with Crippen molar-refractivity contribution in [1.29, 1.82) is 0 Å². The van der Waals surface area contributed by atoms with E-state index in [2.05, 4.69) is 10.3 Å². The number of rotatable bonds is 5. The number of aromatic nitrogens is 1. The number of nitrogens with one attached hydrogen (secondary N) is 1. The van der Waals surface area contributed by atoms with Gasteiger partial charge in [0.15, 0.2) is 5.13 Å². The first kappa shape index (κ1) is 16.4. The summed E-state index contributed by atoms with van der Waals surface area (Å²) in [5.41, 5.74) is 0.791. The second-order valence-electron chi connectivity index (χ2n) is 4.51. The van der Waals surface area contributed by atoms with Crippen molar-refractivity contribution in [1.82, 2.24) is 9.88 Å². The van der Waals surface area contributed by atoms with E-state index < -0.39 is 16.9 Å². The first-order valence-corrected chi connectivity index (χ1v) is 7.13. The fraction of sp³-hybridized carbons (Fsp3) is 0.154. The minimum Gasteiger partial charge on any atom is -0.465 e. The maximum atomic E-state index is 12.3. The summed E-state index contributed by atoms with van der Waals surface area (Å²) in [6.07, 6.45) is -0.0551. The Hall–Kier alpha value is -3.01. The van der Waals surface area contributed by atoms with Crippen LogP contribution in [0.5, 0.6) is 0 Å². The number of thiazole rings is 1. The van der Waals surface area contributed by atoms with Gasteiger partial charge in [0.25, 0.3) is 5.91 Å². The SMILES string of the molecule is CN(Cc1ccccc1C(=O)Nc1ncc([N+](=O)[O-])s1)C(=O)O. The average molecular weight is 336 g/mol. The zero-order valence-electron chi connectivity index (χ0n) is 11.9. The van der Waals surface area contributed by atoms with Crippen molar-refractivity contribution < 1.29 is 19.6 Å². The minimum atomic E-state index is -1.12. The van der Waals surface area contributed by atoms with E-state index in [-0.39, 0.29) is 22.2 Å². The van der Waals surface area contributed by atoms with Crippen LogP contribution in [0.2, 0.25) is 0 Å². The highest BCUT2D eigenvalue weighted by Crippen LogP contribution is 2.25. The number of hydrogen-bond acceptors (Lipinski definition) is 6. The molecule has 0 bridgehead atoms. The summed E-state index contributed by atoms with van der Waals surface area (Å²) in [6.45, 7) is 0.0386. The van der Waals surface area contributed by atoms with Crippen molar-refractivity contribution in [3.05, 3.63) is 51.7 Å². The summed E-state index contributed by atoms with van der Waals surface area (Å²) < 4.78 is 0. The maximum absolute atomic E-state index is 12.3. The summed E-state index contributed by atoms with van der Waals surface area (Å²) in [6, 6.07) is 6.51. The van der Waals surface area contributed by atoms with Crippen LogP contribution in [0.4, 0.5) is 14.9 Å². The van der Waals surface area contributed by atoms with E-state index >= 15 is 0 Å². The largest absolute Gasteiger partial charge is 0.465 e. The topological polar surface area (TPSA) is 126 Å². The van der Waals surface area contributed by atoms with Crippen molar-refractivity contribution in [3.63, 3.8) is 0 Å². The molecule has 0 aliphatic heterocycles. The number of carbonyl (C=O) groups is 2. The molecule has 0 unspecified atom stereocenters. The molecule has 10 heteroatoms. The smallest absolute Gasteiger partial charge is 0.407 e. The molecule has 0 saturated heterocycles. The van der Waals surface area contributed by atoms with E-state index in [1.165, 1.54) is 7.05 Å². The molecule has 1 aromatic carbocycles. The number of nitro groups is 1. The van der Waals surface area contributed by atoms with E-state index in [1.807, 2.05) is 0 Å². The molecular weight excluding hydrogens is 324 g/mol. The molecule has 120 valence electrons. The molecule has 2 aromatic rings. The molecule has 0 radical (unpaired) electrons. The molecule has 1 heterocycles. The highest BCUT2D eigenvalue weighted by molar-refractivity contribution is 7.18. The molecule has 23 heavy (non-hydrogen) atoms. The van der Waals surface area contributed by atoms with Crippen molar-refractivity contribution >= 4 is 33.5 Å². The summed E-state index contributed by atoms with van der Waals surface area (Å²) >= 11 is 0.742. The number of nitrogens with zero attached hydrogens (tertiary/aromatic N) is 3. The maximum Gasteiger partial charge on any atom is 0.407 e. The van der Waals surface area contributed by atoms with Gasteiger partial charge in [0.2, 0.25) is 0 Å². The number of hydrogen-bond donors (Lipinski definition) is 2. The van der Waals surface area contributed by atoms with Crippen LogP contribution in [-0.2, 0) is 6.54 Å². The summed E-state index contributed by atoms with van der Waals surface area (Å²) in [5.74, 6) is -0.511. The van der Waals surface area contributed by atoms with Gasteiger partial charge in [-0.1, -0.05) is 18.2 Å². The van der Waals surface area contributed by atoms with Crippen molar-refractivity contribution in [2.75, 3.05) is 12.4 Å². The summed E-state index contributed by atoms with van der Waals surface area (Å²) in [4.78, 5) is 38.0. The Kier molecular flexibility index (Phi) is 4.86. The van der Waals surface area contributed by atoms with Gasteiger partial charge in [-0.3, -0.25) is 20.2 Å². The third kappa shape index (κ3) is 4.01. The molecule has 1 aromatic heterocycles. The second kappa shape index (κ2) is 6.83. The van der Waals surface area contributed by atoms with Gasteiger partial charge in [0, 0.05) is 19.2 Å². The molecule has 0 aliphatic carbocycles. The zero-order valence-corrected chi connectivity index (χ0v) is 12.7. The number of benzene rings is 1. The van der Waals surface area contributed by atoms with Gasteiger partial charge in [-0.2, -0.15) is 0 Å². The van der Waals surface area contributed by atoms with Crippen LogP contribution in [0.3, 0.4) is 0 Å². The molecule has 2 rings (SSSR count). The lowest BCUT2D eigenvalue weighted by Gasteiger charge is -2.15. The van der Waals surface area contributed by atoms with Crippen LogP contribution < -0.4 is 5.32 Å². The van der Waals surface area contributed by atoms with E-state index in [0.29, 0.717) is 5.56 Å². The second-order valence-corrected chi connectivity index (χ2v) is 5.52. The molecule has 0 saturated carbocycles.